The molecule has 0 rings (SSSR count). The van der Waals surface area contributed by atoms with E-state index in [0.29, 0.717) is 0 Å². The smallest absolute Gasteiger partial charge is 0.0931 e. The maximum atomic E-state index is 2.29. The van der Waals surface area contributed by atoms with Gasteiger partial charge in [0.15, 0.2) is 0 Å². The van der Waals surface area contributed by atoms with E-state index in [9.17, 15) is 0 Å². The van der Waals surface area contributed by atoms with Crippen LogP contribution in [0.15, 0.2) is 0 Å². The topological polar surface area (TPSA) is 19.9 Å². The SMILES string of the molecule is CCCCCCCCCCCCCCCC[NH2+]N(C)C.[Br-]. The van der Waals surface area contributed by atoms with E-state index >= 15 is 0 Å². The summed E-state index contributed by atoms with van der Waals surface area (Å²) in [6, 6.07) is 0. The number of rotatable bonds is 16. The summed E-state index contributed by atoms with van der Waals surface area (Å²) in [7, 11) is 4.23. The van der Waals surface area contributed by atoms with Crippen LogP contribution in [0, 0.1) is 0 Å². The quantitative estimate of drug-likeness (QED) is 0.250. The number of hydrogen-bond donors (Lipinski definition) is 1. The molecule has 0 fully saturated rings. The van der Waals surface area contributed by atoms with Gasteiger partial charge >= 0.3 is 0 Å². The minimum absolute atomic E-state index is 0. The molecule has 0 amide bonds. The van der Waals surface area contributed by atoms with Crippen LogP contribution in [-0.4, -0.2) is 25.6 Å². The van der Waals surface area contributed by atoms with Crippen molar-refractivity contribution in [2.75, 3.05) is 20.6 Å². The van der Waals surface area contributed by atoms with E-state index in [4.69, 9.17) is 0 Å². The van der Waals surface area contributed by atoms with Crippen LogP contribution in [0.2, 0.25) is 0 Å². The van der Waals surface area contributed by atoms with Gasteiger partial charge in [0.1, 0.15) is 0 Å². The number of halogens is 1. The molecule has 0 bridgehead atoms. The largest absolute Gasteiger partial charge is 1.00 e. The van der Waals surface area contributed by atoms with Gasteiger partial charge in [-0.3, -0.25) is 5.43 Å². The monoisotopic (exact) mass is 364 g/mol. The van der Waals surface area contributed by atoms with E-state index < -0.39 is 0 Å². The lowest BCUT2D eigenvalue weighted by Gasteiger charge is -2.07. The van der Waals surface area contributed by atoms with Gasteiger partial charge in [0.05, 0.1) is 6.54 Å². The Balaban J connectivity index is 0. The van der Waals surface area contributed by atoms with Crippen LogP contribution < -0.4 is 22.4 Å². The summed E-state index contributed by atoms with van der Waals surface area (Å²) in [5.41, 5.74) is 2.29. The van der Waals surface area contributed by atoms with Crippen molar-refractivity contribution >= 4 is 0 Å². The van der Waals surface area contributed by atoms with Crippen LogP contribution in [0.5, 0.6) is 0 Å². The van der Waals surface area contributed by atoms with Gasteiger partial charge in [-0.2, -0.15) is 5.01 Å². The van der Waals surface area contributed by atoms with Crippen molar-refractivity contribution in [3.05, 3.63) is 0 Å². The van der Waals surface area contributed by atoms with E-state index in [0.717, 1.165) is 0 Å². The van der Waals surface area contributed by atoms with Crippen molar-refractivity contribution in [3.8, 4) is 0 Å². The van der Waals surface area contributed by atoms with Gasteiger partial charge in [0.2, 0.25) is 0 Å². The fraction of sp³-hybridized carbons (Fsp3) is 1.00. The Hall–Kier alpha value is 0.400. The summed E-state index contributed by atoms with van der Waals surface area (Å²) in [5, 5.41) is 2.17. The maximum Gasteiger partial charge on any atom is 0.0931 e. The molecule has 0 saturated carbocycles. The summed E-state index contributed by atoms with van der Waals surface area (Å²) >= 11 is 0. The van der Waals surface area contributed by atoms with Crippen LogP contribution in [0.1, 0.15) is 96.8 Å². The van der Waals surface area contributed by atoms with E-state index in [1.54, 1.807) is 0 Å². The Morgan fingerprint density at radius 1 is 0.571 bits per heavy atom. The lowest BCUT2D eigenvalue weighted by atomic mass is 10.0. The highest BCUT2D eigenvalue weighted by molar-refractivity contribution is 4.48. The first-order chi connectivity index (χ1) is 9.77. The summed E-state index contributed by atoms with van der Waals surface area (Å²) in [5.74, 6) is 0. The fourth-order valence-electron chi connectivity index (χ4n) is 2.69. The van der Waals surface area contributed by atoms with E-state index in [2.05, 4.69) is 31.5 Å². The van der Waals surface area contributed by atoms with Crippen LogP contribution in [0.3, 0.4) is 0 Å². The van der Waals surface area contributed by atoms with Gasteiger partial charge in [-0.05, 0) is 12.8 Å². The van der Waals surface area contributed by atoms with Crippen molar-refractivity contribution in [2.45, 2.75) is 96.8 Å². The van der Waals surface area contributed by atoms with Crippen molar-refractivity contribution < 1.29 is 22.4 Å². The molecule has 0 aliphatic rings. The van der Waals surface area contributed by atoms with Gasteiger partial charge in [-0.15, -0.1) is 0 Å². The first-order valence-electron chi connectivity index (χ1n) is 9.27. The first kappa shape index (κ1) is 23.7. The van der Waals surface area contributed by atoms with Crippen LogP contribution >= 0.6 is 0 Å². The second-order valence-corrected chi connectivity index (χ2v) is 6.53. The molecule has 0 aliphatic carbocycles. The van der Waals surface area contributed by atoms with Gasteiger partial charge in [0, 0.05) is 14.1 Å². The molecule has 130 valence electrons. The molecule has 2 N–H and O–H groups in total. The van der Waals surface area contributed by atoms with Gasteiger partial charge in [-0.25, -0.2) is 0 Å². The lowest BCUT2D eigenvalue weighted by molar-refractivity contribution is -0.794. The Labute approximate surface area is 145 Å². The summed E-state index contributed by atoms with van der Waals surface area (Å²) in [6.07, 6.45) is 20.3. The molecular weight excluding hydrogens is 324 g/mol. The second kappa shape index (κ2) is 20.4. The maximum absolute atomic E-state index is 2.29. The number of quaternary nitrogens is 1. The molecule has 0 aromatic heterocycles. The third-order valence-electron chi connectivity index (χ3n) is 4.05. The Morgan fingerprint density at radius 2 is 0.905 bits per heavy atom. The summed E-state index contributed by atoms with van der Waals surface area (Å²) in [4.78, 5) is 0. The molecule has 21 heavy (non-hydrogen) atoms. The average Bonchev–Trinajstić information content (AvgIpc) is 2.43. The third-order valence-corrected chi connectivity index (χ3v) is 4.05. The number of nitrogens with two attached hydrogens (primary N) is 1. The molecule has 0 radical (unpaired) electrons. The minimum atomic E-state index is 0. The zero-order valence-electron chi connectivity index (χ0n) is 15.0. The van der Waals surface area contributed by atoms with Crippen molar-refractivity contribution in [3.63, 3.8) is 0 Å². The number of nitrogens with zero attached hydrogens (tertiary/aromatic N) is 1. The average molecular weight is 365 g/mol. The third kappa shape index (κ3) is 22.8. The molecule has 3 heteroatoms. The Morgan fingerprint density at radius 3 is 1.24 bits per heavy atom. The molecule has 0 aromatic carbocycles. The van der Waals surface area contributed by atoms with Crippen LogP contribution in [0.25, 0.3) is 0 Å². The first-order valence-corrected chi connectivity index (χ1v) is 9.27. The van der Waals surface area contributed by atoms with Crippen molar-refractivity contribution in [1.29, 1.82) is 0 Å². The molecule has 0 spiro atoms. The molecule has 2 nitrogen and oxygen atoms in total. The molecule has 0 saturated heterocycles. The molecule has 0 unspecified atom stereocenters. The summed E-state index contributed by atoms with van der Waals surface area (Å²) in [6.45, 7) is 3.55. The van der Waals surface area contributed by atoms with Gasteiger partial charge in [-0.1, -0.05) is 84.0 Å². The van der Waals surface area contributed by atoms with E-state index in [1.165, 1.54) is 96.4 Å². The zero-order valence-corrected chi connectivity index (χ0v) is 16.6. The number of hydrogen-bond acceptors (Lipinski definition) is 1. The molecule has 0 aliphatic heterocycles. The summed E-state index contributed by atoms with van der Waals surface area (Å²) < 4.78 is 0. The molecule has 0 atom stereocenters. The lowest BCUT2D eigenvalue weighted by Crippen LogP contribution is -3.00. The van der Waals surface area contributed by atoms with Crippen molar-refractivity contribution in [1.82, 2.24) is 5.01 Å². The zero-order chi connectivity index (χ0) is 14.9. The molecular formula is C18H41BrN2. The molecule has 0 aromatic rings. The predicted molar refractivity (Wildman–Crippen MR) is 90.8 cm³/mol. The number of unbranched alkanes of at least 4 members (excludes halogenated alkanes) is 13. The highest BCUT2D eigenvalue weighted by atomic mass is 79.9. The van der Waals surface area contributed by atoms with Gasteiger partial charge < -0.3 is 17.0 Å². The second-order valence-electron chi connectivity index (χ2n) is 6.53. The van der Waals surface area contributed by atoms with Crippen LogP contribution in [-0.2, 0) is 0 Å². The minimum Gasteiger partial charge on any atom is -1.00 e. The van der Waals surface area contributed by atoms with Crippen LogP contribution in [0.4, 0.5) is 0 Å². The predicted octanol–water partition coefficient (Wildman–Crippen LogP) is 1.51. The van der Waals surface area contributed by atoms with Crippen molar-refractivity contribution in [2.24, 2.45) is 0 Å². The Kier molecular flexibility index (Phi) is 23.0. The highest BCUT2D eigenvalue weighted by Crippen LogP contribution is 2.12. The van der Waals surface area contributed by atoms with E-state index in [1.807, 2.05) is 0 Å². The van der Waals surface area contributed by atoms with E-state index in [-0.39, 0.29) is 17.0 Å². The van der Waals surface area contributed by atoms with Gasteiger partial charge in [0.25, 0.3) is 0 Å². The normalized spacial score (nSPS) is 10.9. The molecule has 0 heterocycles. The highest BCUT2D eigenvalue weighted by Gasteiger charge is 1.95. The fourth-order valence-corrected chi connectivity index (χ4v) is 2.69. The Bertz CT molecular complexity index is 175. The standard InChI is InChI=1S/C18H40N2.BrH/c1-4-5-6-7-8-9-10-11-12-13-14-15-16-17-18-19-20(2)3;/h19H,4-18H2,1-3H3;1H.